The number of nitrogens with zero attached hydrogens (tertiary/aromatic N) is 4. The van der Waals surface area contributed by atoms with Crippen molar-refractivity contribution in [1.29, 1.82) is 0 Å². The number of nitrogens with one attached hydrogen (secondary N) is 1. The third-order valence-electron chi connectivity index (χ3n) is 3.04. The lowest BCUT2D eigenvalue weighted by molar-refractivity contribution is 0.374. The van der Waals surface area contributed by atoms with E-state index in [1.54, 1.807) is 0 Å². The molecule has 6 nitrogen and oxygen atoms in total. The Hall–Kier alpha value is -2.21. The summed E-state index contributed by atoms with van der Waals surface area (Å²) in [4.78, 5) is 8.51. The maximum absolute atomic E-state index is 4.95. The first-order valence-corrected chi connectivity index (χ1v) is 6.23. The largest absolute Gasteiger partial charge is 0.340 e. The lowest BCUT2D eigenvalue weighted by Crippen LogP contribution is -2.18. The Labute approximate surface area is 110 Å². The molecule has 19 heavy (non-hydrogen) atoms. The molecule has 0 saturated carbocycles. The van der Waals surface area contributed by atoms with Gasteiger partial charge in [-0.05, 0) is 19.1 Å². The van der Waals surface area contributed by atoms with E-state index in [1.807, 2.05) is 31.3 Å². The van der Waals surface area contributed by atoms with Gasteiger partial charge in [0.1, 0.15) is 5.65 Å². The molecule has 3 rings (SSSR count). The van der Waals surface area contributed by atoms with Crippen LogP contribution in [-0.4, -0.2) is 26.1 Å². The first-order valence-electron chi connectivity index (χ1n) is 6.23. The van der Waals surface area contributed by atoms with Gasteiger partial charge in [0.15, 0.2) is 6.33 Å². The van der Waals surface area contributed by atoms with Gasteiger partial charge in [-0.25, -0.2) is 4.98 Å². The van der Waals surface area contributed by atoms with E-state index in [2.05, 4.69) is 24.8 Å². The monoisotopic (exact) mass is 257 g/mol. The summed E-state index contributed by atoms with van der Waals surface area (Å²) in [6.07, 6.45) is 4.18. The molecule has 0 spiro atoms. The Kier molecular flexibility index (Phi) is 3.24. The number of rotatable bonds is 5. The molecule has 0 aliphatic rings. The zero-order valence-corrected chi connectivity index (χ0v) is 10.7. The average molecular weight is 257 g/mol. The maximum Gasteiger partial charge on any atom is 0.227 e. The smallest absolute Gasteiger partial charge is 0.227 e. The maximum atomic E-state index is 4.95. The molecule has 1 N–H and O–H groups in total. The van der Waals surface area contributed by atoms with Gasteiger partial charge in [-0.2, -0.15) is 4.98 Å². The van der Waals surface area contributed by atoms with Crippen LogP contribution in [-0.2, 0) is 13.0 Å². The van der Waals surface area contributed by atoms with Crippen molar-refractivity contribution >= 4 is 5.65 Å². The predicted octanol–water partition coefficient (Wildman–Crippen LogP) is 1.36. The number of hydrogen-bond donors (Lipinski definition) is 1. The van der Waals surface area contributed by atoms with E-state index in [4.69, 9.17) is 4.52 Å². The summed E-state index contributed by atoms with van der Waals surface area (Å²) in [5, 5.41) is 6.95. The number of aromatic nitrogens is 4. The number of imidazole rings is 1. The van der Waals surface area contributed by atoms with Crippen LogP contribution >= 0.6 is 0 Å². The van der Waals surface area contributed by atoms with Crippen LogP contribution in [0.5, 0.6) is 0 Å². The molecular formula is C13H15N5O. The van der Waals surface area contributed by atoms with Crippen LogP contribution in [0.25, 0.3) is 5.65 Å². The molecule has 0 radical (unpaired) electrons. The standard InChI is InChI=1S/C13H15N5O/c1-10-11(18-7-3-2-4-12(18)17-10)8-14-6-5-13-15-9-16-19-13/h2-4,7,9,14H,5-6,8H2,1H3. The second kappa shape index (κ2) is 5.19. The summed E-state index contributed by atoms with van der Waals surface area (Å²) in [6, 6.07) is 6.01. The molecule has 3 aromatic rings. The van der Waals surface area contributed by atoms with E-state index < -0.39 is 0 Å². The van der Waals surface area contributed by atoms with E-state index in [9.17, 15) is 0 Å². The van der Waals surface area contributed by atoms with Crippen molar-refractivity contribution in [1.82, 2.24) is 24.8 Å². The molecule has 6 heteroatoms. The van der Waals surface area contributed by atoms with E-state index in [1.165, 1.54) is 12.0 Å². The Morgan fingerprint density at radius 3 is 3.16 bits per heavy atom. The number of fused-ring (bicyclic) bond motifs is 1. The van der Waals surface area contributed by atoms with Gasteiger partial charge in [-0.15, -0.1) is 0 Å². The molecular weight excluding hydrogens is 242 g/mol. The SMILES string of the molecule is Cc1nc2ccccn2c1CNCCc1ncno1. The van der Waals surface area contributed by atoms with Crippen LogP contribution in [0.3, 0.4) is 0 Å². The molecule has 0 bridgehead atoms. The second-order valence-corrected chi connectivity index (χ2v) is 4.33. The van der Waals surface area contributed by atoms with Gasteiger partial charge in [-0.1, -0.05) is 11.2 Å². The van der Waals surface area contributed by atoms with Crippen molar-refractivity contribution in [2.45, 2.75) is 19.9 Å². The number of hydrogen-bond acceptors (Lipinski definition) is 5. The first-order chi connectivity index (χ1) is 9.34. The molecule has 0 atom stereocenters. The predicted molar refractivity (Wildman–Crippen MR) is 69.6 cm³/mol. The zero-order valence-electron chi connectivity index (χ0n) is 10.7. The van der Waals surface area contributed by atoms with Crippen molar-refractivity contribution in [3.63, 3.8) is 0 Å². The zero-order chi connectivity index (χ0) is 13.1. The molecule has 0 amide bonds. The molecule has 0 fully saturated rings. The van der Waals surface area contributed by atoms with E-state index in [0.29, 0.717) is 5.89 Å². The van der Waals surface area contributed by atoms with E-state index >= 15 is 0 Å². The van der Waals surface area contributed by atoms with Crippen LogP contribution in [0.1, 0.15) is 17.3 Å². The highest BCUT2D eigenvalue weighted by atomic mass is 16.5. The number of pyridine rings is 1. The minimum atomic E-state index is 0.655. The summed E-state index contributed by atoms with van der Waals surface area (Å²) in [7, 11) is 0. The summed E-state index contributed by atoms with van der Waals surface area (Å²) >= 11 is 0. The second-order valence-electron chi connectivity index (χ2n) is 4.33. The van der Waals surface area contributed by atoms with Crippen molar-refractivity contribution in [2.75, 3.05) is 6.54 Å². The quantitative estimate of drug-likeness (QED) is 0.699. The molecule has 3 heterocycles. The van der Waals surface area contributed by atoms with Crippen molar-refractivity contribution < 1.29 is 4.52 Å². The van der Waals surface area contributed by atoms with Gasteiger partial charge < -0.3 is 14.2 Å². The van der Waals surface area contributed by atoms with Crippen LogP contribution in [0, 0.1) is 6.92 Å². The highest BCUT2D eigenvalue weighted by molar-refractivity contribution is 5.42. The molecule has 3 aromatic heterocycles. The molecule has 0 aromatic carbocycles. The minimum Gasteiger partial charge on any atom is -0.340 e. The fourth-order valence-electron chi connectivity index (χ4n) is 2.09. The fraction of sp³-hybridized carbons (Fsp3) is 0.308. The van der Waals surface area contributed by atoms with Crippen LogP contribution in [0.2, 0.25) is 0 Å². The van der Waals surface area contributed by atoms with Crippen LogP contribution in [0.15, 0.2) is 35.2 Å². The van der Waals surface area contributed by atoms with E-state index in [-0.39, 0.29) is 0 Å². The fourth-order valence-corrected chi connectivity index (χ4v) is 2.09. The molecule has 0 aliphatic carbocycles. The highest BCUT2D eigenvalue weighted by Crippen LogP contribution is 2.11. The lowest BCUT2D eigenvalue weighted by atomic mass is 10.3. The van der Waals surface area contributed by atoms with Gasteiger partial charge in [0, 0.05) is 25.7 Å². The van der Waals surface area contributed by atoms with Gasteiger partial charge >= 0.3 is 0 Å². The number of aryl methyl sites for hydroxylation is 1. The molecule has 0 aliphatic heterocycles. The average Bonchev–Trinajstić information content (AvgIpc) is 3.02. The molecule has 98 valence electrons. The first kappa shape index (κ1) is 11.9. The Bertz CT molecular complexity index is 659. The molecule has 0 unspecified atom stereocenters. The summed E-state index contributed by atoms with van der Waals surface area (Å²) in [6.45, 7) is 3.59. The minimum absolute atomic E-state index is 0.655. The van der Waals surface area contributed by atoms with E-state index in [0.717, 1.165) is 30.9 Å². The van der Waals surface area contributed by atoms with Crippen molar-refractivity contribution in [3.8, 4) is 0 Å². The van der Waals surface area contributed by atoms with Gasteiger partial charge in [-0.3, -0.25) is 0 Å². The van der Waals surface area contributed by atoms with Crippen LogP contribution < -0.4 is 5.32 Å². The van der Waals surface area contributed by atoms with Crippen molar-refractivity contribution in [3.05, 3.63) is 48.0 Å². The Morgan fingerprint density at radius 1 is 1.37 bits per heavy atom. The highest BCUT2D eigenvalue weighted by Gasteiger charge is 2.07. The van der Waals surface area contributed by atoms with Crippen LogP contribution in [0.4, 0.5) is 0 Å². The Morgan fingerprint density at radius 2 is 2.32 bits per heavy atom. The van der Waals surface area contributed by atoms with Gasteiger partial charge in [0.2, 0.25) is 5.89 Å². The van der Waals surface area contributed by atoms with Crippen molar-refractivity contribution in [2.24, 2.45) is 0 Å². The van der Waals surface area contributed by atoms with Gasteiger partial charge in [0.05, 0.1) is 11.4 Å². The Balaban J connectivity index is 1.63. The topological polar surface area (TPSA) is 68.2 Å². The third kappa shape index (κ3) is 2.48. The molecule has 0 saturated heterocycles. The summed E-state index contributed by atoms with van der Waals surface area (Å²) in [5.74, 6) is 0.655. The lowest BCUT2D eigenvalue weighted by Gasteiger charge is -2.04. The van der Waals surface area contributed by atoms with Gasteiger partial charge in [0.25, 0.3) is 0 Å². The normalized spacial score (nSPS) is 11.2. The summed E-state index contributed by atoms with van der Waals surface area (Å²) in [5.41, 5.74) is 3.21. The summed E-state index contributed by atoms with van der Waals surface area (Å²) < 4.78 is 7.05. The third-order valence-corrected chi connectivity index (χ3v) is 3.04.